The molecule has 0 heterocycles. The lowest BCUT2D eigenvalue weighted by atomic mass is 10.2. The molecular formula is C21H24ClFN2O5S. The van der Waals surface area contributed by atoms with Gasteiger partial charge in [0, 0.05) is 20.0 Å². The number of hydrogen-bond acceptors (Lipinski definition) is 5. The van der Waals surface area contributed by atoms with E-state index in [1.54, 1.807) is 0 Å². The second-order valence-electron chi connectivity index (χ2n) is 6.73. The monoisotopic (exact) mass is 470 g/mol. The predicted molar refractivity (Wildman–Crippen MR) is 116 cm³/mol. The third-order valence-corrected chi connectivity index (χ3v) is 6.71. The van der Waals surface area contributed by atoms with Crippen molar-refractivity contribution in [2.45, 2.75) is 30.6 Å². The highest BCUT2D eigenvalue weighted by molar-refractivity contribution is 7.92. The molecule has 2 aromatic rings. The van der Waals surface area contributed by atoms with Crippen LogP contribution in [0, 0.1) is 5.82 Å². The first-order valence-corrected chi connectivity index (χ1v) is 11.4. The first-order chi connectivity index (χ1) is 14.7. The number of ether oxygens (including phenoxy) is 1. The van der Waals surface area contributed by atoms with Crippen molar-refractivity contribution in [3.05, 3.63) is 58.9 Å². The molecule has 7 nitrogen and oxygen atoms in total. The van der Waals surface area contributed by atoms with Crippen LogP contribution in [0.4, 0.5) is 10.1 Å². The van der Waals surface area contributed by atoms with Gasteiger partial charge in [0.1, 0.15) is 5.82 Å². The van der Waals surface area contributed by atoms with Gasteiger partial charge in [-0.2, -0.15) is 0 Å². The Morgan fingerprint density at radius 1 is 1.10 bits per heavy atom. The maximum atomic E-state index is 13.1. The average molecular weight is 471 g/mol. The summed E-state index contributed by atoms with van der Waals surface area (Å²) in [4.78, 5) is 23.4. The molecule has 2 aromatic carbocycles. The molecule has 0 aromatic heterocycles. The van der Waals surface area contributed by atoms with Crippen molar-refractivity contribution < 1.29 is 27.1 Å². The van der Waals surface area contributed by atoms with Gasteiger partial charge in [-0.1, -0.05) is 18.0 Å². The first-order valence-electron chi connectivity index (χ1n) is 9.56. The molecular weight excluding hydrogens is 447 g/mol. The molecule has 0 saturated heterocycles. The Bertz CT molecular complexity index is 1030. The highest BCUT2D eigenvalue weighted by Crippen LogP contribution is 2.26. The van der Waals surface area contributed by atoms with E-state index in [4.69, 9.17) is 11.6 Å². The van der Waals surface area contributed by atoms with E-state index in [1.165, 1.54) is 44.5 Å². The fourth-order valence-corrected chi connectivity index (χ4v) is 4.18. The zero-order chi connectivity index (χ0) is 23.0. The van der Waals surface area contributed by atoms with Gasteiger partial charge in [-0.15, -0.1) is 0 Å². The van der Waals surface area contributed by atoms with Crippen LogP contribution in [-0.2, 0) is 19.6 Å². The quantitative estimate of drug-likeness (QED) is 0.421. The fourth-order valence-electron chi connectivity index (χ4n) is 2.76. The molecule has 0 atom stereocenters. The third kappa shape index (κ3) is 6.67. The molecule has 31 heavy (non-hydrogen) atoms. The van der Waals surface area contributed by atoms with Gasteiger partial charge in [0.05, 0.1) is 28.3 Å². The minimum atomic E-state index is -3.99. The number of hydrogen-bond donors (Lipinski definition) is 1. The molecule has 0 spiro atoms. The van der Waals surface area contributed by atoms with E-state index in [0.29, 0.717) is 25.8 Å². The summed E-state index contributed by atoms with van der Waals surface area (Å²) >= 11 is 6.11. The topological polar surface area (TPSA) is 92.8 Å². The van der Waals surface area contributed by atoms with Crippen LogP contribution in [0.5, 0.6) is 0 Å². The summed E-state index contributed by atoms with van der Waals surface area (Å²) in [6, 6.07) is 8.87. The van der Waals surface area contributed by atoms with Gasteiger partial charge in [0.15, 0.2) is 0 Å². The number of carbonyl (C=O) groups is 2. The Labute approximate surface area is 186 Å². The molecule has 10 heteroatoms. The molecule has 2 rings (SSSR count). The SMILES string of the molecule is COC(=O)CCCCCNC(=O)c1cc(S(=O)(=O)N(C)c2ccc(F)cc2)ccc1Cl. The summed E-state index contributed by atoms with van der Waals surface area (Å²) in [6.45, 7) is 0.350. The number of sulfonamides is 1. The minimum Gasteiger partial charge on any atom is -0.469 e. The number of amides is 1. The number of methoxy groups -OCH3 is 1. The van der Waals surface area contributed by atoms with E-state index in [-0.39, 0.29) is 27.1 Å². The summed E-state index contributed by atoms with van der Waals surface area (Å²) in [5.74, 6) is -1.26. The molecule has 0 fully saturated rings. The predicted octanol–water partition coefficient (Wildman–Crippen LogP) is 3.77. The Balaban J connectivity index is 2.05. The Morgan fingerprint density at radius 3 is 2.42 bits per heavy atom. The molecule has 0 unspecified atom stereocenters. The Hall–Kier alpha value is -2.65. The normalized spacial score (nSPS) is 11.1. The average Bonchev–Trinajstić information content (AvgIpc) is 2.75. The fraction of sp³-hybridized carbons (Fsp3) is 0.333. The molecule has 1 amide bonds. The summed E-state index contributed by atoms with van der Waals surface area (Å²) in [6.07, 6.45) is 2.33. The summed E-state index contributed by atoms with van der Waals surface area (Å²) < 4.78 is 44.6. The number of carbonyl (C=O) groups excluding carboxylic acids is 2. The number of rotatable bonds is 10. The standard InChI is InChI=1S/C21H24ClFN2O5S/c1-25(16-9-7-15(23)8-10-16)31(28,29)17-11-12-19(22)18(14-17)21(27)24-13-5-3-4-6-20(26)30-2/h7-12,14H,3-6,13H2,1-2H3,(H,24,27). The van der Waals surface area contributed by atoms with E-state index in [9.17, 15) is 22.4 Å². The van der Waals surface area contributed by atoms with Gasteiger partial charge in [-0.3, -0.25) is 13.9 Å². The lowest BCUT2D eigenvalue weighted by molar-refractivity contribution is -0.140. The van der Waals surface area contributed by atoms with Gasteiger partial charge < -0.3 is 10.1 Å². The van der Waals surface area contributed by atoms with Crippen LogP contribution >= 0.6 is 11.6 Å². The molecule has 168 valence electrons. The van der Waals surface area contributed by atoms with Crippen molar-refractivity contribution in [3.63, 3.8) is 0 Å². The third-order valence-electron chi connectivity index (χ3n) is 4.60. The Kier molecular flexibility index (Phi) is 8.82. The minimum absolute atomic E-state index is 0.0322. The maximum absolute atomic E-state index is 13.1. The molecule has 0 aliphatic carbocycles. The number of nitrogens with one attached hydrogen (secondary N) is 1. The van der Waals surface area contributed by atoms with Gasteiger partial charge >= 0.3 is 5.97 Å². The van der Waals surface area contributed by atoms with Crippen LogP contribution in [-0.4, -0.2) is 41.0 Å². The van der Waals surface area contributed by atoms with Gasteiger partial charge in [-0.05, 0) is 55.3 Å². The van der Waals surface area contributed by atoms with Crippen molar-refractivity contribution in [2.24, 2.45) is 0 Å². The molecule has 0 radical (unpaired) electrons. The van der Waals surface area contributed by atoms with Crippen LogP contribution in [0.2, 0.25) is 5.02 Å². The van der Waals surface area contributed by atoms with Crippen LogP contribution in [0.25, 0.3) is 0 Å². The number of unbranched alkanes of at least 4 members (excludes halogenated alkanes) is 2. The van der Waals surface area contributed by atoms with E-state index in [1.807, 2.05) is 0 Å². The number of esters is 1. The lowest BCUT2D eigenvalue weighted by Gasteiger charge is -2.20. The molecule has 1 N–H and O–H groups in total. The smallest absolute Gasteiger partial charge is 0.305 e. The number of anilines is 1. The second kappa shape index (κ2) is 11.1. The highest BCUT2D eigenvalue weighted by Gasteiger charge is 2.23. The van der Waals surface area contributed by atoms with E-state index < -0.39 is 21.7 Å². The highest BCUT2D eigenvalue weighted by atomic mass is 35.5. The van der Waals surface area contributed by atoms with Crippen molar-refractivity contribution in [2.75, 3.05) is 25.0 Å². The zero-order valence-electron chi connectivity index (χ0n) is 17.2. The van der Waals surface area contributed by atoms with Gasteiger partial charge in [-0.25, -0.2) is 12.8 Å². The molecule has 0 saturated carbocycles. The van der Waals surface area contributed by atoms with E-state index in [0.717, 1.165) is 22.9 Å². The van der Waals surface area contributed by atoms with Crippen LogP contribution in [0.15, 0.2) is 47.4 Å². The summed E-state index contributed by atoms with van der Waals surface area (Å²) in [5.41, 5.74) is 0.305. The van der Waals surface area contributed by atoms with Gasteiger partial charge in [0.2, 0.25) is 0 Å². The summed E-state index contributed by atoms with van der Waals surface area (Å²) in [5, 5.41) is 2.82. The Morgan fingerprint density at radius 2 is 1.77 bits per heavy atom. The number of benzene rings is 2. The van der Waals surface area contributed by atoms with Crippen molar-refractivity contribution >= 4 is 39.2 Å². The molecule has 0 bridgehead atoms. The zero-order valence-corrected chi connectivity index (χ0v) is 18.8. The number of nitrogens with zero attached hydrogens (tertiary/aromatic N) is 1. The van der Waals surface area contributed by atoms with Crippen molar-refractivity contribution in [1.29, 1.82) is 0 Å². The van der Waals surface area contributed by atoms with Crippen LogP contribution in [0.1, 0.15) is 36.0 Å². The number of halogens is 2. The first kappa shape index (κ1) is 24.6. The van der Waals surface area contributed by atoms with Gasteiger partial charge in [0.25, 0.3) is 15.9 Å². The van der Waals surface area contributed by atoms with E-state index >= 15 is 0 Å². The summed E-state index contributed by atoms with van der Waals surface area (Å²) in [7, 11) is -1.32. The molecule has 0 aliphatic heterocycles. The van der Waals surface area contributed by atoms with Crippen molar-refractivity contribution in [1.82, 2.24) is 5.32 Å². The maximum Gasteiger partial charge on any atom is 0.305 e. The van der Waals surface area contributed by atoms with Crippen LogP contribution < -0.4 is 9.62 Å². The van der Waals surface area contributed by atoms with E-state index in [2.05, 4.69) is 10.1 Å². The van der Waals surface area contributed by atoms with Crippen molar-refractivity contribution in [3.8, 4) is 0 Å². The largest absolute Gasteiger partial charge is 0.469 e. The molecule has 0 aliphatic rings. The second-order valence-corrected chi connectivity index (χ2v) is 9.11. The van der Waals surface area contributed by atoms with Crippen LogP contribution in [0.3, 0.4) is 0 Å². The lowest BCUT2D eigenvalue weighted by Crippen LogP contribution is -2.28.